The van der Waals surface area contributed by atoms with Gasteiger partial charge in [-0.05, 0) is 31.0 Å². The van der Waals surface area contributed by atoms with E-state index in [1.54, 1.807) is 6.07 Å². The highest BCUT2D eigenvalue weighted by Crippen LogP contribution is 2.16. The Morgan fingerprint density at radius 1 is 1.53 bits per heavy atom. The van der Waals surface area contributed by atoms with E-state index in [-0.39, 0.29) is 6.61 Å². The van der Waals surface area contributed by atoms with Crippen LogP contribution in [0.1, 0.15) is 34.3 Å². The molecule has 0 saturated carbocycles. The van der Waals surface area contributed by atoms with Gasteiger partial charge >= 0.3 is 5.97 Å². The number of carboxylic acid groups (broad SMARTS) is 1. The number of carboxylic acids is 1. The zero-order chi connectivity index (χ0) is 12.7. The zero-order valence-corrected chi connectivity index (χ0v) is 10.8. The van der Waals surface area contributed by atoms with E-state index in [2.05, 4.69) is 12.2 Å². The van der Waals surface area contributed by atoms with Crippen LogP contribution in [0.25, 0.3) is 0 Å². The van der Waals surface area contributed by atoms with Crippen molar-refractivity contribution in [3.63, 3.8) is 0 Å². The summed E-state index contributed by atoms with van der Waals surface area (Å²) in [5.74, 6) is -0.383. The van der Waals surface area contributed by atoms with Gasteiger partial charge in [0.2, 0.25) is 0 Å². The summed E-state index contributed by atoms with van der Waals surface area (Å²) >= 11 is 1.30. The zero-order valence-electron chi connectivity index (χ0n) is 9.98. The van der Waals surface area contributed by atoms with E-state index in [4.69, 9.17) is 10.2 Å². The van der Waals surface area contributed by atoms with Gasteiger partial charge in [0, 0.05) is 18.0 Å². The molecule has 3 N–H and O–H groups in total. The molecule has 0 amide bonds. The molecular formula is C12H19NO3S. The van der Waals surface area contributed by atoms with Crippen LogP contribution in [-0.4, -0.2) is 29.3 Å². The smallest absolute Gasteiger partial charge is 0.345 e. The van der Waals surface area contributed by atoms with Crippen molar-refractivity contribution in [1.82, 2.24) is 5.32 Å². The van der Waals surface area contributed by atoms with Gasteiger partial charge in [-0.25, -0.2) is 4.79 Å². The molecule has 4 nitrogen and oxygen atoms in total. The Morgan fingerprint density at radius 3 is 2.82 bits per heavy atom. The molecule has 0 aliphatic heterocycles. The van der Waals surface area contributed by atoms with Gasteiger partial charge in [-0.15, -0.1) is 11.3 Å². The lowest BCUT2D eigenvalue weighted by atomic mass is 10.0. The van der Waals surface area contributed by atoms with Crippen molar-refractivity contribution in [1.29, 1.82) is 0 Å². The molecule has 1 aromatic rings. The summed E-state index contributed by atoms with van der Waals surface area (Å²) in [7, 11) is 0. The van der Waals surface area contributed by atoms with Crippen LogP contribution in [0.5, 0.6) is 0 Å². The van der Waals surface area contributed by atoms with Gasteiger partial charge in [0.1, 0.15) is 4.88 Å². The topological polar surface area (TPSA) is 69.6 Å². The number of hydrogen-bond acceptors (Lipinski definition) is 4. The quantitative estimate of drug-likeness (QED) is 0.665. The first-order valence-corrected chi connectivity index (χ1v) is 6.62. The van der Waals surface area contributed by atoms with E-state index in [1.165, 1.54) is 11.3 Å². The monoisotopic (exact) mass is 257 g/mol. The van der Waals surface area contributed by atoms with Crippen molar-refractivity contribution in [3.05, 3.63) is 21.9 Å². The highest BCUT2D eigenvalue weighted by molar-refractivity contribution is 7.13. The third-order valence-electron chi connectivity index (χ3n) is 2.72. The lowest BCUT2D eigenvalue weighted by molar-refractivity contribution is 0.0702. The van der Waals surface area contributed by atoms with E-state index in [9.17, 15) is 4.79 Å². The standard InChI is InChI=1S/C12H19NO3S/c1-2-9(5-6-14)7-13-8-10-3-4-11(17-10)12(15)16/h3-4,9,13-14H,2,5-8H2,1H3,(H,15,16). The highest BCUT2D eigenvalue weighted by Gasteiger charge is 2.08. The van der Waals surface area contributed by atoms with Gasteiger partial charge in [-0.1, -0.05) is 13.3 Å². The third-order valence-corrected chi connectivity index (χ3v) is 3.79. The maximum atomic E-state index is 10.7. The molecule has 1 atom stereocenters. The van der Waals surface area contributed by atoms with E-state index >= 15 is 0 Å². The molecule has 0 fully saturated rings. The lowest BCUT2D eigenvalue weighted by Crippen LogP contribution is -2.22. The number of aromatic carboxylic acids is 1. The van der Waals surface area contributed by atoms with Gasteiger partial charge < -0.3 is 15.5 Å². The Hall–Kier alpha value is -0.910. The molecular weight excluding hydrogens is 238 g/mol. The average Bonchev–Trinajstić information content (AvgIpc) is 2.77. The summed E-state index contributed by atoms with van der Waals surface area (Å²) < 4.78 is 0. The molecule has 0 spiro atoms. The molecule has 1 aromatic heterocycles. The first-order valence-electron chi connectivity index (χ1n) is 5.81. The van der Waals surface area contributed by atoms with E-state index in [1.807, 2.05) is 6.07 Å². The molecule has 1 unspecified atom stereocenters. The molecule has 5 heteroatoms. The van der Waals surface area contributed by atoms with Crippen molar-refractivity contribution in [2.75, 3.05) is 13.2 Å². The van der Waals surface area contributed by atoms with Crippen molar-refractivity contribution < 1.29 is 15.0 Å². The molecule has 0 aliphatic rings. The van der Waals surface area contributed by atoms with E-state index in [0.717, 1.165) is 24.3 Å². The molecule has 1 rings (SSSR count). The Morgan fingerprint density at radius 2 is 2.29 bits per heavy atom. The van der Waals surface area contributed by atoms with Gasteiger partial charge in [0.05, 0.1) is 0 Å². The number of nitrogens with one attached hydrogen (secondary N) is 1. The highest BCUT2D eigenvalue weighted by atomic mass is 32.1. The summed E-state index contributed by atoms with van der Waals surface area (Å²) in [5.41, 5.74) is 0. The Bertz CT molecular complexity index is 351. The fourth-order valence-corrected chi connectivity index (χ4v) is 2.44. The summed E-state index contributed by atoms with van der Waals surface area (Å²) in [6.45, 7) is 3.88. The van der Waals surface area contributed by atoms with Crippen LogP contribution in [0.2, 0.25) is 0 Å². The maximum Gasteiger partial charge on any atom is 0.345 e. The summed E-state index contributed by atoms with van der Waals surface area (Å²) in [6, 6.07) is 3.48. The van der Waals surface area contributed by atoms with Crippen molar-refractivity contribution in [3.8, 4) is 0 Å². The lowest BCUT2D eigenvalue weighted by Gasteiger charge is -2.13. The Labute approximate surface area is 105 Å². The first-order chi connectivity index (χ1) is 8.17. The minimum absolute atomic E-state index is 0.225. The molecule has 0 bridgehead atoms. The Kier molecular flexibility index (Phi) is 6.18. The molecule has 0 saturated heterocycles. The van der Waals surface area contributed by atoms with Gasteiger partial charge in [-0.3, -0.25) is 0 Å². The molecule has 17 heavy (non-hydrogen) atoms. The first kappa shape index (κ1) is 14.2. The summed E-state index contributed by atoms with van der Waals surface area (Å²) in [4.78, 5) is 12.1. The minimum Gasteiger partial charge on any atom is -0.477 e. The number of rotatable bonds is 8. The number of aliphatic hydroxyl groups excluding tert-OH is 1. The third kappa shape index (κ3) is 4.85. The van der Waals surface area contributed by atoms with Crippen LogP contribution in [0.3, 0.4) is 0 Å². The van der Waals surface area contributed by atoms with Crippen LogP contribution >= 0.6 is 11.3 Å². The van der Waals surface area contributed by atoms with Gasteiger partial charge in [-0.2, -0.15) is 0 Å². The second-order valence-electron chi connectivity index (χ2n) is 3.99. The second-order valence-corrected chi connectivity index (χ2v) is 5.16. The molecule has 1 heterocycles. The summed E-state index contributed by atoms with van der Waals surface area (Å²) in [5, 5.41) is 20.9. The van der Waals surface area contributed by atoms with E-state index in [0.29, 0.717) is 17.3 Å². The van der Waals surface area contributed by atoms with Crippen molar-refractivity contribution in [2.45, 2.75) is 26.3 Å². The second kappa shape index (κ2) is 7.42. The van der Waals surface area contributed by atoms with E-state index < -0.39 is 5.97 Å². The normalized spacial score (nSPS) is 12.6. The fraction of sp³-hybridized carbons (Fsp3) is 0.583. The number of hydrogen-bond donors (Lipinski definition) is 3. The minimum atomic E-state index is -0.868. The molecule has 0 aliphatic carbocycles. The predicted octanol–water partition coefficient (Wildman–Crippen LogP) is 1.94. The van der Waals surface area contributed by atoms with Gasteiger partial charge in [0.15, 0.2) is 0 Å². The Balaban J connectivity index is 2.32. The van der Waals surface area contributed by atoms with Crippen LogP contribution < -0.4 is 5.32 Å². The van der Waals surface area contributed by atoms with Crippen molar-refractivity contribution in [2.24, 2.45) is 5.92 Å². The van der Waals surface area contributed by atoms with Crippen molar-refractivity contribution >= 4 is 17.3 Å². The average molecular weight is 257 g/mol. The largest absolute Gasteiger partial charge is 0.477 e. The molecule has 96 valence electrons. The maximum absolute atomic E-state index is 10.7. The van der Waals surface area contributed by atoms with Crippen LogP contribution in [0.15, 0.2) is 12.1 Å². The number of aliphatic hydroxyl groups is 1. The number of carbonyl (C=O) groups is 1. The molecule has 0 aromatic carbocycles. The molecule has 0 radical (unpaired) electrons. The predicted molar refractivity (Wildman–Crippen MR) is 68.5 cm³/mol. The summed E-state index contributed by atoms with van der Waals surface area (Å²) in [6.07, 6.45) is 1.85. The van der Waals surface area contributed by atoms with Crippen LogP contribution in [-0.2, 0) is 6.54 Å². The number of thiophene rings is 1. The SMILES string of the molecule is CCC(CCO)CNCc1ccc(C(=O)O)s1. The van der Waals surface area contributed by atoms with Gasteiger partial charge in [0.25, 0.3) is 0 Å². The fourth-order valence-electron chi connectivity index (χ4n) is 1.62. The van der Waals surface area contributed by atoms with Crippen LogP contribution in [0, 0.1) is 5.92 Å². The van der Waals surface area contributed by atoms with Crippen LogP contribution in [0.4, 0.5) is 0 Å².